The monoisotopic (exact) mass is 203 g/mol. The van der Waals surface area contributed by atoms with Gasteiger partial charge in [0.15, 0.2) is 0 Å². The van der Waals surface area contributed by atoms with E-state index in [9.17, 15) is 0 Å². The Hall–Kier alpha value is -1.20. The van der Waals surface area contributed by atoms with Crippen LogP contribution in [0.15, 0.2) is 29.2 Å². The summed E-state index contributed by atoms with van der Waals surface area (Å²) in [5, 5.41) is 10.6. The highest BCUT2D eigenvalue weighted by atomic mass is 32.2. The molecule has 72 valence electrons. The van der Waals surface area contributed by atoms with Gasteiger partial charge in [0.05, 0.1) is 0 Å². The zero-order valence-corrected chi connectivity index (χ0v) is 9.48. The van der Waals surface area contributed by atoms with E-state index in [2.05, 4.69) is 37.5 Å². The van der Waals surface area contributed by atoms with Crippen LogP contribution in [0.3, 0.4) is 0 Å². The van der Waals surface area contributed by atoms with E-state index >= 15 is 0 Å². The van der Waals surface area contributed by atoms with Crippen LogP contribution in [0, 0.1) is 17.6 Å². The molecule has 0 fully saturated rings. The molecule has 0 aromatic heterocycles. The zero-order valence-electron chi connectivity index (χ0n) is 8.66. The van der Waals surface area contributed by atoms with Gasteiger partial charge in [-0.3, -0.25) is 0 Å². The summed E-state index contributed by atoms with van der Waals surface area (Å²) in [4.78, 5) is 1.01. The fourth-order valence-electron chi connectivity index (χ4n) is 1.35. The largest absolute Gasteiger partial charge is 0.185 e. The first-order valence-corrected chi connectivity index (χ1v) is 5.30. The van der Waals surface area contributed by atoms with Gasteiger partial charge in [0.2, 0.25) is 0 Å². The second-order valence-electron chi connectivity index (χ2n) is 3.14. The topological polar surface area (TPSA) is 23.8 Å². The van der Waals surface area contributed by atoms with Crippen molar-refractivity contribution in [3.05, 3.63) is 35.4 Å². The number of hydrogen-bond acceptors (Lipinski definition) is 2. The Bertz CT molecular complexity index is 399. The third-order valence-corrected chi connectivity index (χ3v) is 2.80. The molecule has 0 aliphatic heterocycles. The predicted molar refractivity (Wildman–Crippen MR) is 62.0 cm³/mol. The Morgan fingerprint density at radius 1 is 1.50 bits per heavy atom. The van der Waals surface area contributed by atoms with E-state index in [0.717, 1.165) is 4.90 Å². The molecule has 0 radical (unpaired) electrons. The Morgan fingerprint density at radius 2 is 2.21 bits per heavy atom. The third kappa shape index (κ3) is 2.40. The minimum absolute atomic E-state index is 1.01. The lowest BCUT2D eigenvalue weighted by Gasteiger charge is -2.06. The van der Waals surface area contributed by atoms with Gasteiger partial charge < -0.3 is 0 Å². The lowest BCUT2D eigenvalue weighted by atomic mass is 10.0. The summed E-state index contributed by atoms with van der Waals surface area (Å²) in [5.41, 5.74) is 3.76. The molecule has 1 aromatic rings. The maximum atomic E-state index is 8.54. The highest BCUT2D eigenvalue weighted by Gasteiger charge is 2.01. The average Bonchev–Trinajstić information content (AvgIpc) is 2.17. The Morgan fingerprint density at radius 3 is 2.71 bits per heavy atom. The first-order chi connectivity index (χ1) is 6.69. The molecule has 0 atom stereocenters. The Balaban J connectivity index is 3.09. The second-order valence-corrected chi connectivity index (χ2v) is 4.00. The lowest BCUT2D eigenvalue weighted by molar-refractivity contribution is 1.32. The van der Waals surface area contributed by atoms with E-state index in [1.165, 1.54) is 28.5 Å². The first kappa shape index (κ1) is 10.9. The van der Waals surface area contributed by atoms with Crippen LogP contribution in [0.1, 0.15) is 25.0 Å². The quantitative estimate of drug-likeness (QED) is 0.536. The van der Waals surface area contributed by atoms with Crippen LogP contribution in [0.5, 0.6) is 0 Å². The van der Waals surface area contributed by atoms with Crippen molar-refractivity contribution in [2.75, 3.05) is 0 Å². The molecule has 14 heavy (non-hydrogen) atoms. The molecule has 0 saturated carbocycles. The number of aryl methyl sites for hydroxylation is 1. The summed E-state index contributed by atoms with van der Waals surface area (Å²) in [6.45, 7) is 6.20. The number of rotatable bonds is 2. The van der Waals surface area contributed by atoms with Crippen molar-refractivity contribution >= 4 is 17.3 Å². The van der Waals surface area contributed by atoms with Gasteiger partial charge in [-0.25, -0.2) is 0 Å². The Labute approximate surface area is 89.4 Å². The van der Waals surface area contributed by atoms with Crippen molar-refractivity contribution in [2.45, 2.75) is 25.7 Å². The molecular weight excluding hydrogens is 190 g/mol. The number of nitriles is 1. The molecular formula is C12H13NS. The molecule has 0 amide bonds. The van der Waals surface area contributed by atoms with Crippen LogP contribution >= 0.6 is 11.8 Å². The summed E-state index contributed by atoms with van der Waals surface area (Å²) in [5.74, 6) is 0. The lowest BCUT2D eigenvalue weighted by Crippen LogP contribution is -1.85. The molecule has 0 saturated heterocycles. The third-order valence-electron chi connectivity index (χ3n) is 2.22. The molecule has 1 rings (SSSR count). The number of thioether (sulfide) groups is 1. The van der Waals surface area contributed by atoms with Gasteiger partial charge in [-0.05, 0) is 61.4 Å². The molecule has 0 aliphatic carbocycles. The van der Waals surface area contributed by atoms with Crippen LogP contribution in [0.2, 0.25) is 0 Å². The fraction of sp³-hybridized carbons (Fsp3) is 0.250. The van der Waals surface area contributed by atoms with Crippen molar-refractivity contribution in [2.24, 2.45) is 0 Å². The van der Waals surface area contributed by atoms with Crippen LogP contribution in [0.4, 0.5) is 0 Å². The fourth-order valence-corrected chi connectivity index (χ4v) is 1.83. The maximum absolute atomic E-state index is 8.54. The SMILES string of the molecule is C/C=C(\C)c1ccc(SC#N)cc1C. The van der Waals surface area contributed by atoms with Gasteiger partial charge in [-0.15, -0.1) is 0 Å². The van der Waals surface area contributed by atoms with Gasteiger partial charge >= 0.3 is 0 Å². The summed E-state index contributed by atoms with van der Waals surface area (Å²) in [6, 6.07) is 6.11. The molecule has 0 bridgehead atoms. The van der Waals surface area contributed by atoms with Gasteiger partial charge in [-0.1, -0.05) is 12.1 Å². The summed E-state index contributed by atoms with van der Waals surface area (Å²) in [6.07, 6.45) is 2.10. The molecule has 0 aliphatic rings. The average molecular weight is 203 g/mol. The second kappa shape index (κ2) is 4.88. The van der Waals surface area contributed by atoms with Crippen molar-refractivity contribution in [3.8, 4) is 5.40 Å². The normalized spacial score (nSPS) is 11.1. The van der Waals surface area contributed by atoms with E-state index in [0.29, 0.717) is 0 Å². The van der Waals surface area contributed by atoms with Crippen molar-refractivity contribution in [1.82, 2.24) is 0 Å². The molecule has 1 aromatic carbocycles. The van der Waals surface area contributed by atoms with Crippen molar-refractivity contribution < 1.29 is 0 Å². The van der Waals surface area contributed by atoms with Crippen molar-refractivity contribution in [3.63, 3.8) is 0 Å². The number of thiocyanates is 1. The van der Waals surface area contributed by atoms with E-state index < -0.39 is 0 Å². The smallest absolute Gasteiger partial charge is 0.138 e. The zero-order chi connectivity index (χ0) is 10.6. The minimum Gasteiger partial charge on any atom is -0.185 e. The van der Waals surface area contributed by atoms with Gasteiger partial charge in [-0.2, -0.15) is 5.26 Å². The number of nitrogens with zero attached hydrogens (tertiary/aromatic N) is 1. The van der Waals surface area contributed by atoms with E-state index in [1.807, 2.05) is 13.0 Å². The summed E-state index contributed by atoms with van der Waals surface area (Å²) < 4.78 is 0. The number of allylic oxidation sites excluding steroid dienone is 2. The maximum Gasteiger partial charge on any atom is 0.138 e. The predicted octanol–water partition coefficient (Wildman–Crippen LogP) is 3.99. The van der Waals surface area contributed by atoms with Crippen LogP contribution in [0.25, 0.3) is 5.57 Å². The molecule has 1 nitrogen and oxygen atoms in total. The van der Waals surface area contributed by atoms with E-state index in [-0.39, 0.29) is 0 Å². The molecule has 2 heteroatoms. The highest BCUT2D eigenvalue weighted by Crippen LogP contribution is 2.24. The Kier molecular flexibility index (Phi) is 3.79. The van der Waals surface area contributed by atoms with E-state index in [1.54, 1.807) is 0 Å². The van der Waals surface area contributed by atoms with Crippen LogP contribution in [-0.2, 0) is 0 Å². The molecule has 0 heterocycles. The van der Waals surface area contributed by atoms with E-state index in [4.69, 9.17) is 5.26 Å². The number of hydrogen-bond donors (Lipinski definition) is 0. The summed E-state index contributed by atoms with van der Waals surface area (Å²) >= 11 is 1.20. The first-order valence-electron chi connectivity index (χ1n) is 4.49. The number of benzene rings is 1. The molecule has 0 spiro atoms. The summed E-state index contributed by atoms with van der Waals surface area (Å²) in [7, 11) is 0. The van der Waals surface area contributed by atoms with Crippen LogP contribution in [-0.4, -0.2) is 0 Å². The standard InChI is InChI=1S/C12H13NS/c1-4-9(2)12-6-5-11(14-8-13)7-10(12)3/h4-7H,1-3H3/b9-4+. The van der Waals surface area contributed by atoms with Gasteiger partial charge in [0.25, 0.3) is 0 Å². The van der Waals surface area contributed by atoms with Crippen LogP contribution < -0.4 is 0 Å². The van der Waals surface area contributed by atoms with Gasteiger partial charge in [0.1, 0.15) is 5.40 Å². The molecule has 0 N–H and O–H groups in total. The van der Waals surface area contributed by atoms with Gasteiger partial charge in [0, 0.05) is 4.90 Å². The molecule has 0 unspecified atom stereocenters. The van der Waals surface area contributed by atoms with Crippen molar-refractivity contribution in [1.29, 1.82) is 5.26 Å². The minimum atomic E-state index is 1.01. The highest BCUT2D eigenvalue weighted by molar-refractivity contribution is 8.03.